The van der Waals surface area contributed by atoms with E-state index < -0.39 is 0 Å². The number of methoxy groups -OCH3 is 1. The fraction of sp³-hybridized carbons (Fsp3) is 0.520. The van der Waals surface area contributed by atoms with Crippen LogP contribution in [0, 0.1) is 18.8 Å². The van der Waals surface area contributed by atoms with E-state index in [9.17, 15) is 4.79 Å². The van der Waals surface area contributed by atoms with Gasteiger partial charge in [0.1, 0.15) is 11.6 Å². The van der Waals surface area contributed by atoms with Crippen molar-refractivity contribution in [3.63, 3.8) is 0 Å². The summed E-state index contributed by atoms with van der Waals surface area (Å²) < 4.78 is 5.44. The van der Waals surface area contributed by atoms with Crippen molar-refractivity contribution in [1.82, 2.24) is 9.88 Å². The molecule has 3 aliphatic rings. The van der Waals surface area contributed by atoms with Crippen LogP contribution in [0.1, 0.15) is 36.8 Å². The summed E-state index contributed by atoms with van der Waals surface area (Å²) >= 11 is 0. The molecule has 5 heteroatoms. The first-order chi connectivity index (χ1) is 14.6. The average molecular weight is 406 g/mol. The normalized spacial score (nSPS) is 28.3. The predicted octanol–water partition coefficient (Wildman–Crippen LogP) is 3.85. The van der Waals surface area contributed by atoms with Gasteiger partial charge in [-0.15, -0.1) is 0 Å². The van der Waals surface area contributed by atoms with E-state index in [4.69, 9.17) is 4.74 Å². The summed E-state index contributed by atoms with van der Waals surface area (Å²) in [5.74, 6) is 3.33. The van der Waals surface area contributed by atoms with E-state index in [1.54, 1.807) is 7.11 Å². The van der Waals surface area contributed by atoms with Crippen LogP contribution in [-0.2, 0) is 11.2 Å². The topological polar surface area (TPSA) is 45.7 Å². The molecule has 0 radical (unpaired) electrons. The van der Waals surface area contributed by atoms with Gasteiger partial charge in [-0.05, 0) is 79.8 Å². The quantitative estimate of drug-likeness (QED) is 0.775. The lowest BCUT2D eigenvalue weighted by Gasteiger charge is -2.57. The summed E-state index contributed by atoms with van der Waals surface area (Å²) in [7, 11) is 1.71. The van der Waals surface area contributed by atoms with Gasteiger partial charge in [-0.25, -0.2) is 4.98 Å². The molecule has 2 aromatic rings. The van der Waals surface area contributed by atoms with Crippen LogP contribution in [-0.4, -0.2) is 48.1 Å². The minimum Gasteiger partial charge on any atom is -0.497 e. The Kier molecular flexibility index (Phi) is 5.13. The molecule has 3 fully saturated rings. The Morgan fingerprint density at radius 2 is 2.03 bits per heavy atom. The smallest absolute Gasteiger partial charge is 0.223 e. The average Bonchev–Trinajstić information content (AvgIpc) is 2.77. The highest BCUT2D eigenvalue weighted by atomic mass is 16.5. The number of piperidine rings is 3. The summed E-state index contributed by atoms with van der Waals surface area (Å²) in [6, 6.07) is 13.2. The number of nitrogens with zero attached hydrogens (tertiary/aromatic N) is 3. The van der Waals surface area contributed by atoms with Gasteiger partial charge in [0, 0.05) is 37.8 Å². The van der Waals surface area contributed by atoms with Crippen LogP contribution in [0.5, 0.6) is 5.75 Å². The Balaban J connectivity index is 1.46. The minimum absolute atomic E-state index is 0.249. The van der Waals surface area contributed by atoms with Crippen LogP contribution >= 0.6 is 0 Å². The molecular weight excluding hydrogens is 374 g/mol. The second-order valence-electron chi connectivity index (χ2n) is 9.24. The number of amides is 1. The Labute approximate surface area is 179 Å². The lowest BCUT2D eigenvalue weighted by molar-refractivity contribution is -0.148. The standard InChI is InChI=1S/C25H31N3O2/c1-17-9-10-26-24(11-17)27-15-19-14-20(16-27)23(28-22(19)7-4-8-25(28)29)13-18-5-3-6-21(12-18)30-2/h3,5-6,9-12,19-20,22-23H,4,7-8,13-16H2,1-2H3/t19-,20+,22+,23+/m1/s1. The van der Waals surface area contributed by atoms with Crippen LogP contribution in [0.25, 0.3) is 0 Å². The van der Waals surface area contributed by atoms with Crippen molar-refractivity contribution in [1.29, 1.82) is 0 Å². The van der Waals surface area contributed by atoms with Crippen molar-refractivity contribution in [3.8, 4) is 5.75 Å². The second kappa shape index (κ2) is 7.93. The van der Waals surface area contributed by atoms with Gasteiger partial charge in [-0.2, -0.15) is 0 Å². The summed E-state index contributed by atoms with van der Waals surface area (Å²) in [4.78, 5) is 22.5. The zero-order valence-corrected chi connectivity index (χ0v) is 18.0. The van der Waals surface area contributed by atoms with E-state index in [0.717, 1.165) is 43.9 Å². The lowest BCUT2D eigenvalue weighted by Crippen LogP contribution is -2.65. The molecule has 3 saturated heterocycles. The number of carbonyl (C=O) groups excluding carboxylic acids is 1. The molecule has 2 bridgehead atoms. The Hall–Kier alpha value is -2.56. The van der Waals surface area contributed by atoms with Crippen LogP contribution in [0.15, 0.2) is 42.6 Å². The van der Waals surface area contributed by atoms with E-state index in [1.807, 2.05) is 12.3 Å². The predicted molar refractivity (Wildman–Crippen MR) is 118 cm³/mol. The molecule has 1 aromatic heterocycles. The van der Waals surface area contributed by atoms with Gasteiger partial charge in [-0.1, -0.05) is 12.1 Å². The number of rotatable bonds is 4. The third-order valence-electron chi connectivity index (χ3n) is 7.30. The molecule has 0 spiro atoms. The van der Waals surface area contributed by atoms with Gasteiger partial charge in [0.25, 0.3) is 0 Å². The van der Waals surface area contributed by atoms with Crippen LogP contribution < -0.4 is 9.64 Å². The zero-order valence-electron chi connectivity index (χ0n) is 18.0. The van der Waals surface area contributed by atoms with Crippen molar-refractivity contribution in [3.05, 3.63) is 53.7 Å². The Morgan fingerprint density at radius 1 is 1.17 bits per heavy atom. The molecule has 0 aliphatic carbocycles. The number of fused-ring (bicyclic) bond motifs is 4. The molecular formula is C25H31N3O2. The molecule has 0 N–H and O–H groups in total. The molecule has 158 valence electrons. The minimum atomic E-state index is 0.249. The molecule has 30 heavy (non-hydrogen) atoms. The summed E-state index contributed by atoms with van der Waals surface area (Å²) in [5.41, 5.74) is 2.50. The second-order valence-corrected chi connectivity index (χ2v) is 9.24. The third kappa shape index (κ3) is 3.55. The molecule has 1 amide bonds. The van der Waals surface area contributed by atoms with E-state index in [-0.39, 0.29) is 6.04 Å². The first-order valence-electron chi connectivity index (χ1n) is 11.2. The van der Waals surface area contributed by atoms with Crippen molar-refractivity contribution in [2.75, 3.05) is 25.1 Å². The van der Waals surface area contributed by atoms with Crippen LogP contribution in [0.2, 0.25) is 0 Å². The van der Waals surface area contributed by atoms with Crippen molar-refractivity contribution in [2.45, 2.75) is 51.1 Å². The van der Waals surface area contributed by atoms with E-state index >= 15 is 0 Å². The van der Waals surface area contributed by atoms with Crippen molar-refractivity contribution < 1.29 is 9.53 Å². The number of anilines is 1. The van der Waals surface area contributed by atoms with Crippen LogP contribution in [0.4, 0.5) is 5.82 Å². The SMILES string of the molecule is COc1cccc(C[C@H]2[C@H]3C[C@H](CN(c4cc(C)ccn4)C3)[C@@H]3CCCC(=O)N32)c1. The Bertz CT molecular complexity index is 930. The van der Waals surface area contributed by atoms with Crippen LogP contribution in [0.3, 0.4) is 0 Å². The van der Waals surface area contributed by atoms with E-state index in [0.29, 0.717) is 30.2 Å². The number of hydrogen-bond acceptors (Lipinski definition) is 4. The monoisotopic (exact) mass is 405 g/mol. The molecule has 0 unspecified atom stereocenters. The molecule has 3 aliphatic heterocycles. The van der Waals surface area contributed by atoms with E-state index in [1.165, 1.54) is 17.5 Å². The van der Waals surface area contributed by atoms with Gasteiger partial charge < -0.3 is 14.5 Å². The fourth-order valence-electron chi connectivity index (χ4n) is 5.96. The highest BCUT2D eigenvalue weighted by Gasteiger charge is 2.49. The number of aromatic nitrogens is 1. The van der Waals surface area contributed by atoms with Crippen molar-refractivity contribution >= 4 is 11.7 Å². The van der Waals surface area contributed by atoms with E-state index in [2.05, 4.69) is 52.0 Å². The van der Waals surface area contributed by atoms with Gasteiger partial charge in [0.2, 0.25) is 5.91 Å². The summed E-state index contributed by atoms with van der Waals surface area (Å²) in [6.45, 7) is 4.11. The first-order valence-corrected chi connectivity index (χ1v) is 11.2. The van der Waals surface area contributed by atoms with Gasteiger partial charge in [0.05, 0.1) is 7.11 Å². The van der Waals surface area contributed by atoms with Crippen molar-refractivity contribution in [2.24, 2.45) is 11.8 Å². The maximum atomic E-state index is 13.1. The first kappa shape index (κ1) is 19.4. The van der Waals surface area contributed by atoms with Gasteiger partial charge >= 0.3 is 0 Å². The number of aryl methyl sites for hydroxylation is 1. The van der Waals surface area contributed by atoms with Gasteiger partial charge in [-0.3, -0.25) is 4.79 Å². The molecule has 5 rings (SSSR count). The Morgan fingerprint density at radius 3 is 2.87 bits per heavy atom. The number of ether oxygens (including phenoxy) is 1. The molecule has 0 saturated carbocycles. The fourth-order valence-corrected chi connectivity index (χ4v) is 5.96. The zero-order chi connectivity index (χ0) is 20.7. The molecule has 1 aromatic carbocycles. The summed E-state index contributed by atoms with van der Waals surface area (Å²) in [5, 5.41) is 0. The largest absolute Gasteiger partial charge is 0.497 e. The highest BCUT2D eigenvalue weighted by Crippen LogP contribution is 2.43. The molecule has 4 heterocycles. The highest BCUT2D eigenvalue weighted by molar-refractivity contribution is 5.78. The number of pyridine rings is 1. The third-order valence-corrected chi connectivity index (χ3v) is 7.30. The number of carbonyl (C=O) groups is 1. The molecule has 5 nitrogen and oxygen atoms in total. The van der Waals surface area contributed by atoms with Gasteiger partial charge in [0.15, 0.2) is 0 Å². The summed E-state index contributed by atoms with van der Waals surface area (Å²) in [6.07, 6.45) is 6.88. The maximum Gasteiger partial charge on any atom is 0.223 e. The number of hydrogen-bond donors (Lipinski definition) is 0. The maximum absolute atomic E-state index is 13.1. The lowest BCUT2D eigenvalue weighted by atomic mass is 9.70. The number of benzene rings is 1. The molecule has 4 atom stereocenters.